The van der Waals surface area contributed by atoms with Gasteiger partial charge in [-0.3, -0.25) is 14.8 Å². The largest absolute Gasteiger partial charge is 0.326 e. The summed E-state index contributed by atoms with van der Waals surface area (Å²) < 4.78 is 0. The third kappa shape index (κ3) is 2.60. The fourth-order valence-electron chi connectivity index (χ4n) is 1.47. The number of H-pyrrole nitrogens is 2. The fourth-order valence-corrected chi connectivity index (χ4v) is 1.92. The van der Waals surface area contributed by atoms with Crippen molar-refractivity contribution in [2.45, 2.75) is 6.42 Å². The predicted molar refractivity (Wildman–Crippen MR) is 67.0 cm³/mol. The maximum absolute atomic E-state index is 11.6. The van der Waals surface area contributed by atoms with Crippen LogP contribution in [0.2, 0.25) is 10.2 Å². The SMILES string of the molecule is O=c1[nH]c(Cl)c(Cc2ccccc2Cl)c(=O)[nH]1. The Hall–Kier alpha value is -1.52. The van der Waals surface area contributed by atoms with Crippen molar-refractivity contribution < 1.29 is 0 Å². The van der Waals surface area contributed by atoms with Gasteiger partial charge in [0.25, 0.3) is 5.56 Å². The van der Waals surface area contributed by atoms with E-state index >= 15 is 0 Å². The summed E-state index contributed by atoms with van der Waals surface area (Å²) in [5, 5.41) is 0.591. The smallest absolute Gasteiger partial charge is 0.297 e. The molecular weight excluding hydrogens is 263 g/mol. The number of aromatic amines is 2. The molecule has 88 valence electrons. The molecule has 2 rings (SSSR count). The van der Waals surface area contributed by atoms with Gasteiger partial charge < -0.3 is 0 Å². The number of benzene rings is 1. The molecule has 0 spiro atoms. The van der Waals surface area contributed by atoms with Gasteiger partial charge in [-0.15, -0.1) is 0 Å². The Labute approximate surface area is 106 Å². The highest BCUT2D eigenvalue weighted by atomic mass is 35.5. The molecule has 1 aromatic carbocycles. The number of hydrogen-bond acceptors (Lipinski definition) is 2. The number of nitrogens with one attached hydrogen (secondary N) is 2. The van der Waals surface area contributed by atoms with E-state index in [0.717, 1.165) is 5.56 Å². The summed E-state index contributed by atoms with van der Waals surface area (Å²) in [5.41, 5.74) is -0.0606. The van der Waals surface area contributed by atoms with Gasteiger partial charge in [0, 0.05) is 11.4 Å². The first kappa shape index (κ1) is 12.0. The normalized spacial score (nSPS) is 10.5. The average Bonchev–Trinajstić information content (AvgIpc) is 2.25. The molecule has 0 unspecified atom stereocenters. The van der Waals surface area contributed by atoms with E-state index < -0.39 is 11.2 Å². The summed E-state index contributed by atoms with van der Waals surface area (Å²) in [6, 6.07) is 7.13. The monoisotopic (exact) mass is 270 g/mol. The zero-order valence-corrected chi connectivity index (χ0v) is 10.1. The van der Waals surface area contributed by atoms with E-state index in [1.807, 2.05) is 6.07 Å². The maximum Gasteiger partial charge on any atom is 0.326 e. The third-order valence-corrected chi connectivity index (χ3v) is 3.01. The van der Waals surface area contributed by atoms with E-state index in [1.54, 1.807) is 18.2 Å². The summed E-state index contributed by atoms with van der Waals surface area (Å²) in [6.45, 7) is 0. The Morgan fingerprint density at radius 1 is 1.06 bits per heavy atom. The first-order chi connectivity index (χ1) is 8.08. The van der Waals surface area contributed by atoms with Gasteiger partial charge in [0.15, 0.2) is 0 Å². The van der Waals surface area contributed by atoms with Crippen molar-refractivity contribution in [2.75, 3.05) is 0 Å². The number of rotatable bonds is 2. The minimum absolute atomic E-state index is 0.0404. The quantitative estimate of drug-likeness (QED) is 0.820. The topological polar surface area (TPSA) is 65.7 Å². The Kier molecular flexibility index (Phi) is 3.36. The molecule has 0 saturated heterocycles. The second-order valence-electron chi connectivity index (χ2n) is 3.47. The minimum atomic E-state index is -0.622. The van der Waals surface area contributed by atoms with Crippen LogP contribution in [0.25, 0.3) is 0 Å². The predicted octanol–water partition coefficient (Wildman–Crippen LogP) is 1.96. The summed E-state index contributed by atoms with van der Waals surface area (Å²) in [4.78, 5) is 27.0. The fraction of sp³-hybridized carbons (Fsp3) is 0.0909. The molecular formula is C11H8Cl2N2O2. The van der Waals surface area contributed by atoms with Gasteiger partial charge in [-0.2, -0.15) is 0 Å². The third-order valence-electron chi connectivity index (χ3n) is 2.31. The van der Waals surface area contributed by atoms with Gasteiger partial charge in [0.05, 0.1) is 5.56 Å². The second-order valence-corrected chi connectivity index (χ2v) is 4.25. The van der Waals surface area contributed by atoms with E-state index in [4.69, 9.17) is 23.2 Å². The molecule has 4 nitrogen and oxygen atoms in total. The van der Waals surface area contributed by atoms with Crippen molar-refractivity contribution in [3.63, 3.8) is 0 Å². The number of aromatic nitrogens is 2. The highest BCUT2D eigenvalue weighted by Gasteiger charge is 2.10. The molecule has 0 fully saturated rings. The van der Waals surface area contributed by atoms with Crippen LogP contribution in [0.5, 0.6) is 0 Å². The van der Waals surface area contributed by atoms with E-state index in [-0.39, 0.29) is 11.6 Å². The van der Waals surface area contributed by atoms with Gasteiger partial charge in [0.1, 0.15) is 5.15 Å². The van der Waals surface area contributed by atoms with Crippen LogP contribution in [0.4, 0.5) is 0 Å². The van der Waals surface area contributed by atoms with Gasteiger partial charge in [-0.05, 0) is 11.6 Å². The standard InChI is InChI=1S/C11H8Cl2N2O2/c12-8-4-2-1-3-6(8)5-7-9(13)14-11(17)15-10(7)16/h1-4H,5H2,(H2,14,15,16,17). The zero-order valence-electron chi connectivity index (χ0n) is 8.59. The highest BCUT2D eigenvalue weighted by molar-refractivity contribution is 6.31. The van der Waals surface area contributed by atoms with Crippen molar-refractivity contribution in [1.82, 2.24) is 9.97 Å². The van der Waals surface area contributed by atoms with Crippen LogP contribution in [0.15, 0.2) is 33.9 Å². The Morgan fingerprint density at radius 3 is 2.41 bits per heavy atom. The number of hydrogen-bond donors (Lipinski definition) is 2. The van der Waals surface area contributed by atoms with Crippen molar-refractivity contribution >= 4 is 23.2 Å². The lowest BCUT2D eigenvalue weighted by molar-refractivity contribution is 0.976. The van der Waals surface area contributed by atoms with Crippen LogP contribution in [-0.4, -0.2) is 9.97 Å². The van der Waals surface area contributed by atoms with Crippen molar-refractivity contribution in [3.05, 3.63) is 66.4 Å². The summed E-state index contributed by atoms with van der Waals surface area (Å²) in [5.74, 6) is 0. The zero-order chi connectivity index (χ0) is 12.4. The first-order valence-corrected chi connectivity index (χ1v) is 5.58. The Bertz CT molecular complexity index is 661. The molecule has 1 aromatic heterocycles. The molecule has 2 N–H and O–H groups in total. The number of halogens is 2. The second kappa shape index (κ2) is 4.77. The lowest BCUT2D eigenvalue weighted by Crippen LogP contribution is -2.25. The van der Waals surface area contributed by atoms with E-state index in [1.165, 1.54) is 0 Å². The van der Waals surface area contributed by atoms with Crippen LogP contribution in [-0.2, 0) is 6.42 Å². The lowest BCUT2D eigenvalue weighted by Gasteiger charge is -2.04. The molecule has 0 saturated carbocycles. The van der Waals surface area contributed by atoms with Crippen LogP contribution in [0, 0.1) is 0 Å². The van der Waals surface area contributed by atoms with Crippen molar-refractivity contribution in [1.29, 1.82) is 0 Å². The minimum Gasteiger partial charge on any atom is -0.297 e. The average molecular weight is 271 g/mol. The molecule has 0 aliphatic heterocycles. The molecule has 0 atom stereocenters. The molecule has 0 aliphatic carbocycles. The van der Waals surface area contributed by atoms with Crippen molar-refractivity contribution in [3.8, 4) is 0 Å². The molecule has 17 heavy (non-hydrogen) atoms. The van der Waals surface area contributed by atoms with Crippen LogP contribution >= 0.6 is 23.2 Å². The van der Waals surface area contributed by atoms with E-state index in [0.29, 0.717) is 10.6 Å². The van der Waals surface area contributed by atoms with E-state index in [9.17, 15) is 9.59 Å². The van der Waals surface area contributed by atoms with Crippen LogP contribution in [0.3, 0.4) is 0 Å². The van der Waals surface area contributed by atoms with Gasteiger partial charge in [-0.1, -0.05) is 41.4 Å². The van der Waals surface area contributed by atoms with E-state index in [2.05, 4.69) is 9.97 Å². The molecule has 0 radical (unpaired) electrons. The molecule has 0 bridgehead atoms. The first-order valence-electron chi connectivity index (χ1n) is 4.82. The Morgan fingerprint density at radius 2 is 1.76 bits per heavy atom. The highest BCUT2D eigenvalue weighted by Crippen LogP contribution is 2.19. The molecule has 1 heterocycles. The van der Waals surface area contributed by atoms with Crippen molar-refractivity contribution in [2.24, 2.45) is 0 Å². The van der Waals surface area contributed by atoms with Crippen LogP contribution < -0.4 is 11.2 Å². The van der Waals surface area contributed by atoms with Gasteiger partial charge in [0.2, 0.25) is 0 Å². The summed E-state index contributed by atoms with van der Waals surface area (Å²) >= 11 is 11.8. The Balaban J connectivity index is 2.48. The molecule has 6 heteroatoms. The van der Waals surface area contributed by atoms with Gasteiger partial charge >= 0.3 is 5.69 Å². The summed E-state index contributed by atoms with van der Waals surface area (Å²) in [7, 11) is 0. The summed E-state index contributed by atoms with van der Waals surface area (Å²) in [6.07, 6.45) is 0.268. The lowest BCUT2D eigenvalue weighted by atomic mass is 10.1. The maximum atomic E-state index is 11.6. The van der Waals surface area contributed by atoms with Crippen LogP contribution in [0.1, 0.15) is 11.1 Å². The molecule has 0 amide bonds. The van der Waals surface area contributed by atoms with Gasteiger partial charge in [-0.25, -0.2) is 4.79 Å². The molecule has 0 aliphatic rings. The molecule has 2 aromatic rings.